The maximum absolute atomic E-state index is 13.2. The Hall–Kier alpha value is -0.930. The maximum atomic E-state index is 13.2. The van der Waals surface area contributed by atoms with Crippen LogP contribution in [0, 0.1) is 11.7 Å². The monoisotopic (exact) mass is 304 g/mol. The van der Waals surface area contributed by atoms with Gasteiger partial charge in [0.05, 0.1) is 0 Å². The van der Waals surface area contributed by atoms with Gasteiger partial charge in [-0.25, -0.2) is 4.39 Å². The van der Waals surface area contributed by atoms with Crippen molar-refractivity contribution in [1.82, 2.24) is 10.2 Å². The van der Waals surface area contributed by atoms with Crippen LogP contribution in [0.5, 0.6) is 0 Å². The smallest absolute Gasteiger partial charge is 0.123 e. The van der Waals surface area contributed by atoms with Crippen molar-refractivity contribution >= 4 is 0 Å². The largest absolute Gasteiger partial charge is 0.312 e. The minimum atomic E-state index is -0.141. The molecule has 1 heterocycles. The van der Waals surface area contributed by atoms with Gasteiger partial charge in [0.1, 0.15) is 5.82 Å². The Morgan fingerprint density at radius 1 is 1.09 bits per heavy atom. The highest BCUT2D eigenvalue weighted by molar-refractivity contribution is 5.20. The SMILES string of the molecule is CC1CCC(NCC(c2ccc(F)cc2)N2CCCC2)CC1. The number of nitrogens with zero attached hydrogens (tertiary/aromatic N) is 1. The summed E-state index contributed by atoms with van der Waals surface area (Å²) >= 11 is 0. The van der Waals surface area contributed by atoms with Crippen LogP contribution in [0.4, 0.5) is 4.39 Å². The van der Waals surface area contributed by atoms with Crippen molar-refractivity contribution in [2.75, 3.05) is 19.6 Å². The highest BCUT2D eigenvalue weighted by atomic mass is 19.1. The standard InChI is InChI=1S/C19H29FN2/c1-15-4-10-18(11-5-15)21-14-19(22-12-2-3-13-22)16-6-8-17(20)9-7-16/h6-9,15,18-19,21H,2-5,10-14H2,1H3. The first kappa shape index (κ1) is 15.9. The Labute approximate surface area is 134 Å². The van der Waals surface area contributed by atoms with Crippen molar-refractivity contribution in [3.8, 4) is 0 Å². The molecule has 3 rings (SSSR count). The second-order valence-corrected chi connectivity index (χ2v) is 7.18. The van der Waals surface area contributed by atoms with Crippen molar-refractivity contribution in [2.24, 2.45) is 5.92 Å². The Kier molecular flexibility index (Phi) is 5.48. The minimum absolute atomic E-state index is 0.141. The zero-order chi connectivity index (χ0) is 15.4. The van der Waals surface area contributed by atoms with Gasteiger partial charge < -0.3 is 5.32 Å². The molecule has 2 aliphatic rings. The predicted octanol–water partition coefficient (Wildman–Crippen LogP) is 4.13. The third-order valence-corrected chi connectivity index (χ3v) is 5.45. The number of likely N-dealkylation sites (tertiary alicyclic amines) is 1. The molecule has 0 aromatic heterocycles. The summed E-state index contributed by atoms with van der Waals surface area (Å²) in [5, 5.41) is 3.80. The van der Waals surface area contributed by atoms with Gasteiger partial charge in [0.15, 0.2) is 0 Å². The lowest BCUT2D eigenvalue weighted by molar-refractivity contribution is 0.219. The van der Waals surface area contributed by atoms with Gasteiger partial charge in [-0.05, 0) is 75.2 Å². The minimum Gasteiger partial charge on any atom is -0.312 e. The summed E-state index contributed by atoms with van der Waals surface area (Å²) in [6.07, 6.45) is 7.89. The third-order valence-electron chi connectivity index (χ3n) is 5.45. The van der Waals surface area contributed by atoms with E-state index >= 15 is 0 Å². The van der Waals surface area contributed by atoms with Gasteiger partial charge in [0, 0.05) is 18.6 Å². The fraction of sp³-hybridized carbons (Fsp3) is 0.684. The Bertz CT molecular complexity index is 445. The Balaban J connectivity index is 1.62. The van der Waals surface area contributed by atoms with E-state index in [4.69, 9.17) is 0 Å². The van der Waals surface area contributed by atoms with E-state index in [0.717, 1.165) is 12.5 Å². The Morgan fingerprint density at radius 2 is 1.73 bits per heavy atom. The summed E-state index contributed by atoms with van der Waals surface area (Å²) in [4.78, 5) is 2.56. The molecule has 3 heteroatoms. The van der Waals surface area contributed by atoms with Crippen LogP contribution >= 0.6 is 0 Å². The molecule has 1 aliphatic heterocycles. The van der Waals surface area contributed by atoms with Crippen molar-refractivity contribution < 1.29 is 4.39 Å². The fourth-order valence-corrected chi connectivity index (χ4v) is 3.94. The topological polar surface area (TPSA) is 15.3 Å². The number of nitrogens with one attached hydrogen (secondary N) is 1. The van der Waals surface area contributed by atoms with Gasteiger partial charge in [-0.2, -0.15) is 0 Å². The molecule has 2 nitrogen and oxygen atoms in total. The average molecular weight is 304 g/mol. The average Bonchev–Trinajstić information content (AvgIpc) is 3.05. The first-order chi connectivity index (χ1) is 10.7. The summed E-state index contributed by atoms with van der Waals surface area (Å²) in [5.74, 6) is 0.752. The molecule has 1 N–H and O–H groups in total. The number of hydrogen-bond donors (Lipinski definition) is 1. The number of halogens is 1. The Morgan fingerprint density at radius 3 is 2.36 bits per heavy atom. The molecule has 1 saturated heterocycles. The highest BCUT2D eigenvalue weighted by Crippen LogP contribution is 2.27. The summed E-state index contributed by atoms with van der Waals surface area (Å²) in [6.45, 7) is 5.70. The van der Waals surface area contributed by atoms with Crippen molar-refractivity contribution in [3.63, 3.8) is 0 Å². The zero-order valence-electron chi connectivity index (χ0n) is 13.7. The van der Waals surface area contributed by atoms with Gasteiger partial charge in [0.2, 0.25) is 0 Å². The van der Waals surface area contributed by atoms with E-state index in [0.29, 0.717) is 12.1 Å². The zero-order valence-corrected chi connectivity index (χ0v) is 13.7. The molecule has 0 amide bonds. The van der Waals surface area contributed by atoms with Gasteiger partial charge in [-0.15, -0.1) is 0 Å². The highest BCUT2D eigenvalue weighted by Gasteiger charge is 2.25. The first-order valence-electron chi connectivity index (χ1n) is 8.95. The van der Waals surface area contributed by atoms with Crippen LogP contribution in [0.3, 0.4) is 0 Å². The molecular weight excluding hydrogens is 275 g/mol. The molecule has 2 fully saturated rings. The lowest BCUT2D eigenvalue weighted by atomic mass is 9.87. The summed E-state index contributed by atoms with van der Waals surface area (Å²) in [6, 6.07) is 8.18. The molecule has 1 atom stereocenters. The predicted molar refractivity (Wildman–Crippen MR) is 89.4 cm³/mol. The van der Waals surface area contributed by atoms with Crippen LogP contribution in [0.25, 0.3) is 0 Å². The summed E-state index contributed by atoms with van der Waals surface area (Å²) in [7, 11) is 0. The van der Waals surface area contributed by atoms with E-state index in [2.05, 4.69) is 17.1 Å². The molecule has 22 heavy (non-hydrogen) atoms. The van der Waals surface area contributed by atoms with Crippen molar-refractivity contribution in [1.29, 1.82) is 0 Å². The molecule has 0 bridgehead atoms. The number of hydrogen-bond acceptors (Lipinski definition) is 2. The normalized spacial score (nSPS) is 27.9. The molecule has 1 unspecified atom stereocenters. The van der Waals surface area contributed by atoms with Crippen LogP contribution in [-0.4, -0.2) is 30.6 Å². The van der Waals surface area contributed by atoms with Crippen LogP contribution in [-0.2, 0) is 0 Å². The maximum Gasteiger partial charge on any atom is 0.123 e. The molecule has 1 saturated carbocycles. The van der Waals surface area contributed by atoms with E-state index in [-0.39, 0.29) is 5.82 Å². The van der Waals surface area contributed by atoms with Gasteiger partial charge in [-0.1, -0.05) is 19.1 Å². The molecule has 1 aromatic carbocycles. The third kappa shape index (κ3) is 4.08. The molecule has 1 aromatic rings. The summed E-state index contributed by atoms with van der Waals surface area (Å²) in [5.41, 5.74) is 1.25. The van der Waals surface area contributed by atoms with Crippen molar-refractivity contribution in [2.45, 2.75) is 57.5 Å². The lowest BCUT2D eigenvalue weighted by Crippen LogP contribution is -2.40. The fourth-order valence-electron chi connectivity index (χ4n) is 3.94. The molecular formula is C19H29FN2. The molecule has 1 aliphatic carbocycles. The second-order valence-electron chi connectivity index (χ2n) is 7.18. The van der Waals surface area contributed by atoms with Gasteiger partial charge >= 0.3 is 0 Å². The van der Waals surface area contributed by atoms with Crippen molar-refractivity contribution in [3.05, 3.63) is 35.6 Å². The van der Waals surface area contributed by atoms with E-state index in [1.54, 1.807) is 12.1 Å². The first-order valence-corrected chi connectivity index (χ1v) is 8.95. The van der Waals surface area contributed by atoms with E-state index < -0.39 is 0 Å². The number of rotatable bonds is 5. The van der Waals surface area contributed by atoms with E-state index in [9.17, 15) is 4.39 Å². The van der Waals surface area contributed by atoms with Gasteiger partial charge in [0.25, 0.3) is 0 Å². The quantitative estimate of drug-likeness (QED) is 0.880. The van der Waals surface area contributed by atoms with Crippen LogP contribution < -0.4 is 5.32 Å². The van der Waals surface area contributed by atoms with Gasteiger partial charge in [-0.3, -0.25) is 4.90 Å². The number of benzene rings is 1. The lowest BCUT2D eigenvalue weighted by Gasteiger charge is -2.32. The van der Waals surface area contributed by atoms with Crippen LogP contribution in [0.2, 0.25) is 0 Å². The molecule has 0 radical (unpaired) electrons. The second kappa shape index (κ2) is 7.56. The molecule has 122 valence electrons. The van der Waals surface area contributed by atoms with Crippen LogP contribution in [0.1, 0.15) is 57.1 Å². The summed E-state index contributed by atoms with van der Waals surface area (Å²) < 4.78 is 13.2. The van der Waals surface area contributed by atoms with Crippen LogP contribution in [0.15, 0.2) is 24.3 Å². The molecule has 0 spiro atoms. The van der Waals surface area contributed by atoms with E-state index in [1.165, 1.54) is 57.2 Å². The van der Waals surface area contributed by atoms with E-state index in [1.807, 2.05) is 12.1 Å².